The van der Waals surface area contributed by atoms with Crippen LogP contribution in [0.3, 0.4) is 0 Å². The lowest BCUT2D eigenvalue weighted by Crippen LogP contribution is -2.04. The van der Waals surface area contributed by atoms with Gasteiger partial charge < -0.3 is 4.57 Å². The molecule has 5 heteroatoms. The van der Waals surface area contributed by atoms with Crippen LogP contribution in [0, 0.1) is 6.57 Å². The van der Waals surface area contributed by atoms with E-state index in [-0.39, 0.29) is 0 Å². The summed E-state index contributed by atoms with van der Waals surface area (Å²) in [4.78, 5) is 14.0. The van der Waals surface area contributed by atoms with E-state index in [4.69, 9.17) is 16.5 Å². The molecule has 0 aliphatic carbocycles. The van der Waals surface area contributed by atoms with Crippen LogP contribution < -0.4 is 0 Å². The number of fused-ring (bicyclic) bond motifs is 7. The predicted molar refractivity (Wildman–Crippen MR) is 256 cm³/mol. The van der Waals surface area contributed by atoms with E-state index >= 15 is 0 Å². The maximum Gasteiger partial charge on any atom is 0.235 e. The Balaban J connectivity index is 0.936. The quantitative estimate of drug-likeness (QED) is 0.157. The Hall–Kier alpha value is -8.59. The van der Waals surface area contributed by atoms with Crippen LogP contribution in [0.5, 0.6) is 0 Å². The van der Waals surface area contributed by atoms with E-state index in [2.05, 4.69) is 178 Å². The molecule has 0 aliphatic heterocycles. The second-order valence-corrected chi connectivity index (χ2v) is 15.7. The summed E-state index contributed by atoms with van der Waals surface area (Å²) >= 11 is 0. The lowest BCUT2D eigenvalue weighted by molar-refractivity contribution is 0.996. The molecule has 62 heavy (non-hydrogen) atoms. The van der Waals surface area contributed by atoms with E-state index in [9.17, 15) is 0 Å². The molecule has 0 radical (unpaired) electrons. The first-order chi connectivity index (χ1) is 30.7. The SMILES string of the molecule is [C-]#[N+]c1ccc(-c2cc(-c3ccccc3)nc(-n3c4ccccc4c4cc(-c5ccc6cc(-c7ccc8c(c7)c7ccccc7n8-c7ccccc7)ccc6c5)ccc43)n2)cc1. The molecule has 0 amide bonds. The summed E-state index contributed by atoms with van der Waals surface area (Å²) in [6.07, 6.45) is 0. The highest BCUT2D eigenvalue weighted by molar-refractivity contribution is 6.12. The highest BCUT2D eigenvalue weighted by Gasteiger charge is 2.18. The number of aromatic nitrogens is 4. The molecule has 0 spiro atoms. The summed E-state index contributed by atoms with van der Waals surface area (Å²) in [5, 5.41) is 7.16. The van der Waals surface area contributed by atoms with Gasteiger partial charge in [0.15, 0.2) is 5.69 Å². The lowest BCUT2D eigenvalue weighted by atomic mass is 9.96. The molecule has 0 bridgehead atoms. The lowest BCUT2D eigenvalue weighted by Gasteiger charge is -2.12. The second-order valence-electron chi connectivity index (χ2n) is 15.7. The maximum atomic E-state index is 7.45. The van der Waals surface area contributed by atoms with Gasteiger partial charge in [-0.1, -0.05) is 146 Å². The third kappa shape index (κ3) is 5.85. The molecule has 12 aromatic rings. The third-order valence-corrected chi connectivity index (χ3v) is 12.1. The fourth-order valence-electron chi connectivity index (χ4n) is 9.13. The Labute approximate surface area is 357 Å². The van der Waals surface area contributed by atoms with Crippen molar-refractivity contribution in [2.75, 3.05) is 0 Å². The fourth-order valence-corrected chi connectivity index (χ4v) is 9.13. The highest BCUT2D eigenvalue weighted by Crippen LogP contribution is 2.38. The van der Waals surface area contributed by atoms with Gasteiger partial charge in [0, 0.05) is 32.8 Å². The van der Waals surface area contributed by atoms with Crippen LogP contribution in [0.15, 0.2) is 212 Å². The minimum absolute atomic E-state index is 0.595. The van der Waals surface area contributed by atoms with Gasteiger partial charge in [-0.25, -0.2) is 14.8 Å². The van der Waals surface area contributed by atoms with Gasteiger partial charge in [-0.2, -0.15) is 0 Å². The number of benzene rings is 9. The van der Waals surface area contributed by atoms with Crippen LogP contribution in [-0.2, 0) is 0 Å². The number of rotatable bonds is 6. The molecule has 0 saturated heterocycles. The zero-order chi connectivity index (χ0) is 41.1. The average Bonchev–Trinajstić information content (AvgIpc) is 3.86. The van der Waals surface area contributed by atoms with Crippen molar-refractivity contribution < 1.29 is 0 Å². The molecule has 0 fully saturated rings. The topological polar surface area (TPSA) is 40.0 Å². The van der Waals surface area contributed by atoms with Gasteiger partial charge in [0.05, 0.1) is 40.0 Å². The van der Waals surface area contributed by atoms with Crippen molar-refractivity contribution in [3.8, 4) is 56.4 Å². The molecular weight excluding hydrogens is 755 g/mol. The van der Waals surface area contributed by atoms with Gasteiger partial charge in [-0.05, 0) is 105 Å². The standard InChI is InChI=1S/C57H35N5/c1-58-45-28-24-38(25-29-45)52-36-51(37-12-4-2-5-13-37)59-57(60-52)62-54-19-11-9-17-48(54)50-35-44(27-31-56(50)62)42-23-21-39-32-41(22-20-40(39)33-42)43-26-30-55-49(34-43)47-16-8-10-18-53(47)61(55)46-14-6-3-7-15-46/h2-36H. The summed E-state index contributed by atoms with van der Waals surface area (Å²) in [6.45, 7) is 7.45. The smallest absolute Gasteiger partial charge is 0.235 e. The van der Waals surface area contributed by atoms with E-state index in [0.717, 1.165) is 61.1 Å². The first kappa shape index (κ1) is 35.4. The molecule has 12 rings (SSSR count). The van der Waals surface area contributed by atoms with E-state index in [1.54, 1.807) is 0 Å². The average molecular weight is 790 g/mol. The Morgan fingerprint density at radius 3 is 1.35 bits per heavy atom. The van der Waals surface area contributed by atoms with Crippen molar-refractivity contribution >= 4 is 60.1 Å². The van der Waals surface area contributed by atoms with Gasteiger partial charge >= 0.3 is 0 Å². The molecule has 0 atom stereocenters. The van der Waals surface area contributed by atoms with Crippen LogP contribution in [-0.4, -0.2) is 19.1 Å². The van der Waals surface area contributed by atoms with Crippen molar-refractivity contribution in [1.29, 1.82) is 0 Å². The fraction of sp³-hybridized carbons (Fsp3) is 0. The van der Waals surface area contributed by atoms with Gasteiger partial charge in [0.1, 0.15) is 0 Å². The van der Waals surface area contributed by atoms with Crippen LogP contribution in [0.1, 0.15) is 0 Å². The molecule has 9 aromatic carbocycles. The first-order valence-electron chi connectivity index (χ1n) is 20.8. The molecule has 0 unspecified atom stereocenters. The molecular formula is C57H35N5. The number of hydrogen-bond donors (Lipinski definition) is 0. The number of hydrogen-bond acceptors (Lipinski definition) is 2. The third-order valence-electron chi connectivity index (χ3n) is 12.1. The van der Waals surface area contributed by atoms with Crippen molar-refractivity contribution in [2.24, 2.45) is 0 Å². The number of nitrogens with zero attached hydrogens (tertiary/aromatic N) is 5. The maximum absolute atomic E-state index is 7.45. The van der Waals surface area contributed by atoms with E-state index in [1.807, 2.05) is 48.5 Å². The highest BCUT2D eigenvalue weighted by atomic mass is 15.2. The Morgan fingerprint density at radius 2 is 0.774 bits per heavy atom. The molecule has 3 aromatic heterocycles. The minimum atomic E-state index is 0.595. The summed E-state index contributed by atoms with van der Waals surface area (Å²) < 4.78 is 4.54. The molecule has 0 saturated carbocycles. The Morgan fingerprint density at radius 1 is 0.339 bits per heavy atom. The van der Waals surface area contributed by atoms with Gasteiger partial charge in [0.2, 0.25) is 5.95 Å². The molecule has 0 aliphatic rings. The van der Waals surface area contributed by atoms with Gasteiger partial charge in [-0.15, -0.1) is 0 Å². The van der Waals surface area contributed by atoms with E-state index < -0.39 is 0 Å². The monoisotopic (exact) mass is 789 g/mol. The van der Waals surface area contributed by atoms with Crippen LogP contribution in [0.4, 0.5) is 5.69 Å². The summed E-state index contributed by atoms with van der Waals surface area (Å²) in [7, 11) is 0. The zero-order valence-corrected chi connectivity index (χ0v) is 33.4. The van der Waals surface area contributed by atoms with Crippen molar-refractivity contribution in [3.05, 3.63) is 224 Å². The molecule has 288 valence electrons. The van der Waals surface area contributed by atoms with Crippen molar-refractivity contribution in [1.82, 2.24) is 19.1 Å². The molecule has 5 nitrogen and oxygen atoms in total. The Bertz CT molecular complexity index is 3740. The summed E-state index contributed by atoms with van der Waals surface area (Å²) in [6, 6.07) is 74.8. The molecule has 3 heterocycles. The van der Waals surface area contributed by atoms with E-state index in [1.165, 1.54) is 43.7 Å². The van der Waals surface area contributed by atoms with Gasteiger partial charge in [-0.3, -0.25) is 4.57 Å². The normalized spacial score (nSPS) is 11.5. The predicted octanol–water partition coefficient (Wildman–Crippen LogP) is 15.0. The van der Waals surface area contributed by atoms with Gasteiger partial charge in [0.25, 0.3) is 0 Å². The Kier molecular flexibility index (Phi) is 8.16. The largest absolute Gasteiger partial charge is 0.309 e. The summed E-state index contributed by atoms with van der Waals surface area (Å²) in [5.74, 6) is 0.595. The second kappa shape index (κ2) is 14.3. The minimum Gasteiger partial charge on any atom is -0.309 e. The number of para-hydroxylation sites is 3. The zero-order valence-electron chi connectivity index (χ0n) is 33.4. The van der Waals surface area contributed by atoms with E-state index in [0.29, 0.717) is 11.6 Å². The van der Waals surface area contributed by atoms with Crippen molar-refractivity contribution in [2.45, 2.75) is 0 Å². The van der Waals surface area contributed by atoms with Crippen LogP contribution >= 0.6 is 0 Å². The summed E-state index contributed by atoms with van der Waals surface area (Å²) in [5.41, 5.74) is 14.5. The van der Waals surface area contributed by atoms with Crippen LogP contribution in [0.25, 0.3) is 116 Å². The first-order valence-corrected chi connectivity index (χ1v) is 20.8. The van der Waals surface area contributed by atoms with Crippen LogP contribution in [0.2, 0.25) is 0 Å². The molecule has 0 N–H and O–H groups in total. The van der Waals surface area contributed by atoms with Crippen molar-refractivity contribution in [3.63, 3.8) is 0 Å².